The van der Waals surface area contributed by atoms with E-state index in [0.29, 0.717) is 21.5 Å². The van der Waals surface area contributed by atoms with E-state index in [0.717, 1.165) is 0 Å². The molecule has 0 saturated carbocycles. The van der Waals surface area contributed by atoms with Gasteiger partial charge in [0.1, 0.15) is 17.6 Å². The van der Waals surface area contributed by atoms with Gasteiger partial charge in [-0.25, -0.2) is 4.39 Å². The maximum absolute atomic E-state index is 13.3. The lowest BCUT2D eigenvalue weighted by molar-refractivity contribution is -0.131. The van der Waals surface area contributed by atoms with Crippen LogP contribution in [0.15, 0.2) is 83.3 Å². The minimum Gasteiger partial charge on any atom is -0.480 e. The predicted molar refractivity (Wildman–Crippen MR) is 117 cm³/mol. The Morgan fingerprint density at radius 1 is 0.933 bits per heavy atom. The van der Waals surface area contributed by atoms with Crippen LogP contribution in [0.1, 0.15) is 18.5 Å². The highest BCUT2D eigenvalue weighted by Crippen LogP contribution is 2.26. The molecule has 154 valence electrons. The third-order valence-corrected chi connectivity index (χ3v) is 4.91. The number of nitrogens with one attached hydrogen (secondary N) is 2. The van der Waals surface area contributed by atoms with Crippen molar-refractivity contribution < 1.29 is 18.7 Å². The van der Waals surface area contributed by atoms with Crippen molar-refractivity contribution in [3.05, 3.63) is 94.7 Å². The molecule has 0 aromatic heterocycles. The van der Waals surface area contributed by atoms with Crippen LogP contribution in [0, 0.1) is 5.82 Å². The topological polar surface area (TPSA) is 67.4 Å². The van der Waals surface area contributed by atoms with E-state index in [9.17, 15) is 14.0 Å². The van der Waals surface area contributed by atoms with Gasteiger partial charge < -0.3 is 15.4 Å². The molecule has 2 amide bonds. The van der Waals surface area contributed by atoms with Gasteiger partial charge in [0, 0.05) is 5.69 Å². The average Bonchev–Trinajstić information content (AvgIpc) is 2.75. The van der Waals surface area contributed by atoms with Gasteiger partial charge in [-0.05, 0) is 58.7 Å². The van der Waals surface area contributed by atoms with Crippen LogP contribution in [0.3, 0.4) is 0 Å². The number of benzene rings is 3. The number of hydrogen-bond acceptors (Lipinski definition) is 3. The van der Waals surface area contributed by atoms with Crippen LogP contribution < -0.4 is 15.4 Å². The van der Waals surface area contributed by atoms with Crippen LogP contribution in [-0.2, 0) is 9.59 Å². The Kier molecular flexibility index (Phi) is 7.19. The molecular formula is C23H20BrFN2O3. The number of rotatable bonds is 7. The average molecular weight is 471 g/mol. The summed E-state index contributed by atoms with van der Waals surface area (Å²) in [5.41, 5.74) is 1.26. The van der Waals surface area contributed by atoms with E-state index >= 15 is 0 Å². The molecule has 0 bridgehead atoms. The smallest absolute Gasteiger partial charge is 0.261 e. The zero-order chi connectivity index (χ0) is 21.5. The third-order valence-electron chi connectivity index (χ3n) is 4.29. The molecule has 0 spiro atoms. The molecule has 30 heavy (non-hydrogen) atoms. The Bertz CT molecular complexity index is 1020. The summed E-state index contributed by atoms with van der Waals surface area (Å²) in [7, 11) is 0. The first-order chi connectivity index (χ1) is 14.4. The second-order valence-corrected chi connectivity index (χ2v) is 7.40. The van der Waals surface area contributed by atoms with Gasteiger partial charge in [0.15, 0.2) is 6.10 Å². The van der Waals surface area contributed by atoms with Crippen LogP contribution in [0.2, 0.25) is 0 Å². The molecule has 3 aromatic carbocycles. The van der Waals surface area contributed by atoms with Crippen LogP contribution in [0.25, 0.3) is 0 Å². The highest BCUT2D eigenvalue weighted by atomic mass is 79.9. The molecule has 0 heterocycles. The normalized spacial score (nSPS) is 12.5. The van der Waals surface area contributed by atoms with Crippen molar-refractivity contribution in [3.63, 3.8) is 0 Å². The quantitative estimate of drug-likeness (QED) is 0.518. The fourth-order valence-corrected chi connectivity index (χ4v) is 3.20. The first kappa shape index (κ1) is 21.5. The Labute approximate surface area is 182 Å². The number of para-hydroxylation sites is 1. The summed E-state index contributed by atoms with van der Waals surface area (Å²) in [5, 5.41) is 5.55. The largest absolute Gasteiger partial charge is 0.480 e. The second-order valence-electron chi connectivity index (χ2n) is 6.54. The van der Waals surface area contributed by atoms with Crippen LogP contribution in [0.5, 0.6) is 5.75 Å². The molecule has 0 fully saturated rings. The van der Waals surface area contributed by atoms with Gasteiger partial charge in [-0.2, -0.15) is 0 Å². The molecule has 0 aliphatic carbocycles. The van der Waals surface area contributed by atoms with Crippen molar-refractivity contribution in [1.82, 2.24) is 5.32 Å². The summed E-state index contributed by atoms with van der Waals surface area (Å²) >= 11 is 3.21. The number of amides is 2. The number of carbonyl (C=O) groups excluding carboxylic acids is 2. The molecule has 5 nitrogen and oxygen atoms in total. The van der Waals surface area contributed by atoms with Gasteiger partial charge in [0.2, 0.25) is 0 Å². The van der Waals surface area contributed by atoms with Crippen molar-refractivity contribution in [1.29, 1.82) is 0 Å². The zero-order valence-corrected chi connectivity index (χ0v) is 17.7. The van der Waals surface area contributed by atoms with Crippen molar-refractivity contribution in [2.45, 2.75) is 19.1 Å². The van der Waals surface area contributed by atoms with E-state index in [1.807, 2.05) is 24.3 Å². The predicted octanol–water partition coefficient (Wildman–Crippen LogP) is 4.85. The highest BCUT2D eigenvalue weighted by Gasteiger charge is 2.26. The molecule has 2 N–H and O–H groups in total. The Hall–Kier alpha value is -3.19. The number of carbonyl (C=O) groups is 2. The fraction of sp³-hybridized carbons (Fsp3) is 0.130. The summed E-state index contributed by atoms with van der Waals surface area (Å²) < 4.78 is 19.3. The summed E-state index contributed by atoms with van der Waals surface area (Å²) in [5.74, 6) is -0.962. The zero-order valence-electron chi connectivity index (χ0n) is 16.1. The SMILES string of the molecule is CC(Oc1ccc(F)cc1Br)C(=O)NC(C(=O)Nc1ccccc1)c1ccccc1. The number of hydrogen-bond donors (Lipinski definition) is 2. The lowest BCUT2D eigenvalue weighted by atomic mass is 10.1. The molecule has 2 atom stereocenters. The molecule has 3 aromatic rings. The molecule has 0 radical (unpaired) electrons. The van der Waals surface area contributed by atoms with E-state index < -0.39 is 23.9 Å². The number of ether oxygens (including phenoxy) is 1. The van der Waals surface area contributed by atoms with Crippen molar-refractivity contribution in [2.24, 2.45) is 0 Å². The van der Waals surface area contributed by atoms with Crippen molar-refractivity contribution in [2.75, 3.05) is 5.32 Å². The van der Waals surface area contributed by atoms with Gasteiger partial charge in [0.25, 0.3) is 11.8 Å². The standard InChI is InChI=1S/C23H20BrFN2O3/c1-15(30-20-13-12-17(25)14-19(20)24)22(28)27-21(16-8-4-2-5-9-16)23(29)26-18-10-6-3-7-11-18/h2-15,21H,1H3,(H,26,29)(H,27,28). The van der Waals surface area contributed by atoms with Gasteiger partial charge >= 0.3 is 0 Å². The second kappa shape index (κ2) is 10.0. The molecular weight excluding hydrogens is 451 g/mol. The van der Waals surface area contributed by atoms with E-state index in [4.69, 9.17) is 4.74 Å². The summed E-state index contributed by atoms with van der Waals surface area (Å²) in [6.45, 7) is 1.56. The Balaban J connectivity index is 1.75. The van der Waals surface area contributed by atoms with E-state index in [1.54, 1.807) is 43.3 Å². The van der Waals surface area contributed by atoms with Crippen LogP contribution >= 0.6 is 15.9 Å². The molecule has 0 aliphatic heterocycles. The first-order valence-corrected chi connectivity index (χ1v) is 10.1. The fourth-order valence-electron chi connectivity index (χ4n) is 2.76. The monoisotopic (exact) mass is 470 g/mol. The Morgan fingerprint density at radius 2 is 1.57 bits per heavy atom. The van der Waals surface area contributed by atoms with Crippen molar-refractivity contribution in [3.8, 4) is 5.75 Å². The molecule has 2 unspecified atom stereocenters. The minimum atomic E-state index is -0.915. The Morgan fingerprint density at radius 3 is 2.20 bits per heavy atom. The summed E-state index contributed by atoms with van der Waals surface area (Å²) in [4.78, 5) is 25.7. The summed E-state index contributed by atoms with van der Waals surface area (Å²) in [6, 6.07) is 20.9. The van der Waals surface area contributed by atoms with E-state index in [2.05, 4.69) is 26.6 Å². The molecule has 0 aliphatic rings. The van der Waals surface area contributed by atoms with Crippen molar-refractivity contribution >= 4 is 33.4 Å². The minimum absolute atomic E-state index is 0.323. The van der Waals surface area contributed by atoms with Crippen LogP contribution in [-0.4, -0.2) is 17.9 Å². The maximum atomic E-state index is 13.3. The van der Waals surface area contributed by atoms with E-state index in [1.165, 1.54) is 18.2 Å². The van der Waals surface area contributed by atoms with Gasteiger partial charge in [0.05, 0.1) is 4.47 Å². The number of anilines is 1. The summed E-state index contributed by atoms with van der Waals surface area (Å²) in [6.07, 6.45) is -0.914. The van der Waals surface area contributed by atoms with E-state index in [-0.39, 0.29) is 5.91 Å². The van der Waals surface area contributed by atoms with Gasteiger partial charge in [-0.1, -0.05) is 48.5 Å². The number of halogens is 2. The van der Waals surface area contributed by atoms with Gasteiger partial charge in [-0.15, -0.1) is 0 Å². The van der Waals surface area contributed by atoms with Crippen LogP contribution in [0.4, 0.5) is 10.1 Å². The molecule has 3 rings (SSSR count). The lowest BCUT2D eigenvalue weighted by Gasteiger charge is -2.22. The molecule has 0 saturated heterocycles. The maximum Gasteiger partial charge on any atom is 0.261 e. The third kappa shape index (κ3) is 5.67. The lowest BCUT2D eigenvalue weighted by Crippen LogP contribution is -2.43. The first-order valence-electron chi connectivity index (χ1n) is 9.27. The van der Waals surface area contributed by atoms with Gasteiger partial charge in [-0.3, -0.25) is 9.59 Å². The molecule has 7 heteroatoms. The highest BCUT2D eigenvalue weighted by molar-refractivity contribution is 9.10.